The summed E-state index contributed by atoms with van der Waals surface area (Å²) in [6.45, 7) is 1.98. The number of hydrogen-bond donors (Lipinski definition) is 0. The van der Waals surface area contributed by atoms with Gasteiger partial charge in [0.05, 0.1) is 0 Å². The fraction of sp³-hybridized carbons (Fsp3) is 0.0625. The van der Waals surface area contributed by atoms with Crippen LogP contribution in [0.1, 0.15) is 15.9 Å². The van der Waals surface area contributed by atoms with Crippen molar-refractivity contribution in [1.82, 2.24) is 0 Å². The number of fused-ring (bicyclic) bond motifs is 1. The minimum Gasteiger partial charge on any atom is -0.456 e. The highest BCUT2D eigenvalue weighted by molar-refractivity contribution is 6.31. The fourth-order valence-electron chi connectivity index (χ4n) is 2.13. The molecule has 0 unspecified atom stereocenters. The number of furan rings is 1. The normalized spacial score (nSPS) is 10.8. The largest absolute Gasteiger partial charge is 0.456 e. The predicted molar refractivity (Wildman–Crippen MR) is 76.8 cm³/mol. The third kappa shape index (κ3) is 2.15. The molecule has 0 radical (unpaired) electrons. The highest BCUT2D eigenvalue weighted by Crippen LogP contribution is 2.31. The Morgan fingerprint density at radius 1 is 1.11 bits per heavy atom. The maximum Gasteiger partial charge on any atom is 0.150 e. The van der Waals surface area contributed by atoms with Crippen LogP contribution in [0.2, 0.25) is 5.02 Å². The number of hydrogen-bond acceptors (Lipinski definition) is 2. The zero-order valence-electron chi connectivity index (χ0n) is 10.3. The van der Waals surface area contributed by atoms with E-state index >= 15 is 0 Å². The van der Waals surface area contributed by atoms with Crippen LogP contribution in [0.25, 0.3) is 22.3 Å². The van der Waals surface area contributed by atoms with Crippen LogP contribution in [-0.2, 0) is 0 Å². The molecule has 0 aliphatic rings. The molecule has 3 aromatic rings. The molecule has 2 aromatic carbocycles. The molecule has 94 valence electrons. The Hall–Kier alpha value is -2.06. The van der Waals surface area contributed by atoms with E-state index in [9.17, 15) is 4.79 Å². The monoisotopic (exact) mass is 270 g/mol. The third-order valence-corrected chi connectivity index (χ3v) is 3.31. The smallest absolute Gasteiger partial charge is 0.150 e. The minimum atomic E-state index is 0.621. The number of carbonyl (C=O) groups excluding carboxylic acids is 1. The highest BCUT2D eigenvalue weighted by atomic mass is 35.5. The van der Waals surface area contributed by atoms with Gasteiger partial charge in [0.1, 0.15) is 11.3 Å². The van der Waals surface area contributed by atoms with Gasteiger partial charge in [-0.1, -0.05) is 29.3 Å². The molecule has 19 heavy (non-hydrogen) atoms. The minimum absolute atomic E-state index is 0.621. The van der Waals surface area contributed by atoms with Crippen LogP contribution < -0.4 is 0 Å². The van der Waals surface area contributed by atoms with Gasteiger partial charge in [-0.2, -0.15) is 0 Å². The Morgan fingerprint density at radius 3 is 2.74 bits per heavy atom. The number of halogens is 1. The Balaban J connectivity index is 2.24. The van der Waals surface area contributed by atoms with Gasteiger partial charge in [0, 0.05) is 21.5 Å². The second-order valence-electron chi connectivity index (χ2n) is 4.50. The average Bonchev–Trinajstić information content (AvgIpc) is 2.81. The van der Waals surface area contributed by atoms with Gasteiger partial charge >= 0.3 is 0 Å². The van der Waals surface area contributed by atoms with E-state index in [2.05, 4.69) is 0 Å². The number of aryl methyl sites for hydroxylation is 1. The van der Waals surface area contributed by atoms with Crippen molar-refractivity contribution in [3.63, 3.8) is 0 Å². The van der Waals surface area contributed by atoms with Gasteiger partial charge in [-0.25, -0.2) is 0 Å². The zero-order valence-corrected chi connectivity index (χ0v) is 11.1. The first-order valence-corrected chi connectivity index (χ1v) is 6.30. The van der Waals surface area contributed by atoms with Crippen LogP contribution in [-0.4, -0.2) is 6.29 Å². The van der Waals surface area contributed by atoms with E-state index in [0.717, 1.165) is 28.4 Å². The third-order valence-electron chi connectivity index (χ3n) is 3.08. The van der Waals surface area contributed by atoms with E-state index in [1.54, 1.807) is 12.1 Å². The van der Waals surface area contributed by atoms with Gasteiger partial charge < -0.3 is 4.42 Å². The topological polar surface area (TPSA) is 30.2 Å². The molecule has 0 aliphatic carbocycles. The van der Waals surface area contributed by atoms with Crippen LogP contribution in [0.5, 0.6) is 0 Å². The summed E-state index contributed by atoms with van der Waals surface area (Å²) >= 11 is 5.96. The Bertz CT molecular complexity index is 772. The van der Waals surface area contributed by atoms with Crippen molar-refractivity contribution < 1.29 is 9.21 Å². The summed E-state index contributed by atoms with van der Waals surface area (Å²) < 4.78 is 5.79. The number of rotatable bonds is 2. The molecule has 0 aliphatic heterocycles. The summed E-state index contributed by atoms with van der Waals surface area (Å²) in [7, 11) is 0. The van der Waals surface area contributed by atoms with Crippen molar-refractivity contribution in [3.05, 3.63) is 58.6 Å². The van der Waals surface area contributed by atoms with Crippen molar-refractivity contribution in [3.8, 4) is 11.3 Å². The number of benzene rings is 2. The maximum atomic E-state index is 11.1. The fourth-order valence-corrected chi connectivity index (χ4v) is 2.31. The van der Waals surface area contributed by atoms with E-state index in [-0.39, 0.29) is 0 Å². The van der Waals surface area contributed by atoms with Gasteiger partial charge in [0.2, 0.25) is 0 Å². The van der Waals surface area contributed by atoms with E-state index in [4.69, 9.17) is 16.0 Å². The van der Waals surface area contributed by atoms with Crippen molar-refractivity contribution in [2.75, 3.05) is 0 Å². The predicted octanol–water partition coefficient (Wildman–Crippen LogP) is 4.87. The van der Waals surface area contributed by atoms with Gasteiger partial charge in [-0.3, -0.25) is 4.79 Å². The number of carbonyl (C=O) groups is 1. The van der Waals surface area contributed by atoms with Crippen LogP contribution >= 0.6 is 11.6 Å². The zero-order chi connectivity index (χ0) is 13.4. The first-order valence-electron chi connectivity index (χ1n) is 5.93. The summed E-state index contributed by atoms with van der Waals surface area (Å²) in [6.07, 6.45) is 0.842. The molecule has 0 atom stereocenters. The van der Waals surface area contributed by atoms with E-state index in [1.807, 2.05) is 37.3 Å². The van der Waals surface area contributed by atoms with Gasteiger partial charge in [0.25, 0.3) is 0 Å². The highest BCUT2D eigenvalue weighted by Gasteiger charge is 2.11. The molecule has 0 saturated heterocycles. The lowest BCUT2D eigenvalue weighted by molar-refractivity contribution is 0.112. The lowest BCUT2D eigenvalue weighted by Gasteiger charge is -2.02. The summed E-state index contributed by atoms with van der Waals surface area (Å²) in [4.78, 5) is 11.1. The first kappa shape index (κ1) is 12.0. The molecule has 0 fully saturated rings. The van der Waals surface area contributed by atoms with Crippen LogP contribution in [0, 0.1) is 6.92 Å². The van der Waals surface area contributed by atoms with E-state index in [1.165, 1.54) is 0 Å². The van der Waals surface area contributed by atoms with Crippen molar-refractivity contribution >= 4 is 28.9 Å². The lowest BCUT2D eigenvalue weighted by atomic mass is 10.0. The molecule has 3 rings (SSSR count). The molecule has 0 bridgehead atoms. The van der Waals surface area contributed by atoms with Gasteiger partial charge in [-0.15, -0.1) is 0 Å². The number of aldehydes is 1. The lowest BCUT2D eigenvalue weighted by Crippen LogP contribution is -1.87. The second kappa shape index (κ2) is 4.56. The SMILES string of the molecule is Cc1ccc(C=O)c(-c2cc3cc(Cl)ccc3o2)c1. The first-order chi connectivity index (χ1) is 9.17. The van der Waals surface area contributed by atoms with Crippen LogP contribution in [0.3, 0.4) is 0 Å². The molecule has 2 nitrogen and oxygen atoms in total. The van der Waals surface area contributed by atoms with Gasteiger partial charge in [-0.05, 0) is 37.3 Å². The molecule has 0 saturated carbocycles. The summed E-state index contributed by atoms with van der Waals surface area (Å²) in [5.41, 5.74) is 3.27. The molecule has 0 spiro atoms. The molecule has 1 aromatic heterocycles. The molecule has 3 heteroatoms. The molecular formula is C16H11ClO2. The maximum absolute atomic E-state index is 11.1. The van der Waals surface area contributed by atoms with Crippen LogP contribution in [0.4, 0.5) is 0 Å². The summed E-state index contributed by atoms with van der Waals surface area (Å²) in [6, 6.07) is 13.0. The van der Waals surface area contributed by atoms with Crippen LogP contribution in [0.15, 0.2) is 46.9 Å². The van der Waals surface area contributed by atoms with Gasteiger partial charge in [0.15, 0.2) is 6.29 Å². The quantitative estimate of drug-likeness (QED) is 0.622. The standard InChI is InChI=1S/C16H11ClO2/c1-10-2-3-11(9-18)14(6-10)16-8-12-7-13(17)4-5-15(12)19-16/h2-9H,1H3. The molecule has 1 heterocycles. The molecular weight excluding hydrogens is 260 g/mol. The Kier molecular flexibility index (Phi) is 2.88. The molecule has 0 amide bonds. The Labute approximate surface area is 115 Å². The molecule has 0 N–H and O–H groups in total. The summed E-state index contributed by atoms with van der Waals surface area (Å²) in [5, 5.41) is 1.60. The van der Waals surface area contributed by atoms with E-state index in [0.29, 0.717) is 16.3 Å². The van der Waals surface area contributed by atoms with E-state index < -0.39 is 0 Å². The average molecular weight is 271 g/mol. The van der Waals surface area contributed by atoms with Crippen molar-refractivity contribution in [2.24, 2.45) is 0 Å². The summed E-state index contributed by atoms with van der Waals surface area (Å²) in [5.74, 6) is 0.683. The Morgan fingerprint density at radius 2 is 1.95 bits per heavy atom. The second-order valence-corrected chi connectivity index (χ2v) is 4.94. The van der Waals surface area contributed by atoms with Crippen molar-refractivity contribution in [1.29, 1.82) is 0 Å². The van der Waals surface area contributed by atoms with Crippen molar-refractivity contribution in [2.45, 2.75) is 6.92 Å².